The van der Waals surface area contributed by atoms with Gasteiger partial charge in [-0.15, -0.1) is 0 Å². The van der Waals surface area contributed by atoms with Crippen LogP contribution < -0.4 is 11.1 Å². The first kappa shape index (κ1) is 33.2. The number of hydrogen-bond donors (Lipinski definition) is 5. The fourth-order valence-corrected chi connectivity index (χ4v) is 8.28. The average Bonchev–Trinajstić information content (AvgIpc) is 3.56. The molecule has 6 rings (SSSR count). The summed E-state index contributed by atoms with van der Waals surface area (Å²) in [5.74, 6) is -13.2. The van der Waals surface area contributed by atoms with Crippen molar-refractivity contribution in [2.24, 2.45) is 34.8 Å². The molecule has 48 heavy (non-hydrogen) atoms. The molecule has 12 heteroatoms. The zero-order valence-corrected chi connectivity index (χ0v) is 27.0. The predicted molar refractivity (Wildman–Crippen MR) is 173 cm³/mol. The molecule has 0 aliphatic heterocycles. The van der Waals surface area contributed by atoms with Crippen molar-refractivity contribution in [2.45, 2.75) is 70.2 Å². The fourth-order valence-electron chi connectivity index (χ4n) is 8.28. The molecular weight excluding hydrogens is 616 g/mol. The lowest BCUT2D eigenvalue weighted by Gasteiger charge is -2.52. The standard InChI is InChI=1S/C36H40N4O8/c1-18-20-10-11-22(39-31(19-8-5-4-6-9-19)35(2,3)12-7-14-40-15-13-38-17-40)29(43)25(20)30(44)27-24(18)28(42)21-16-23(41)26(34(37)47)32(45)36(21,48)33(27)46/h4-6,8-11,13,15,17-18,21,24,26-28,31,39,42-43,48H,7,12,14,16H2,1-3H3,(H2,37,47)/t18-,21+,24+,26?,27?,28+,31?,36+/m0/s1. The minimum absolute atomic E-state index is 0.146. The van der Waals surface area contributed by atoms with Gasteiger partial charge in [-0.1, -0.05) is 57.2 Å². The van der Waals surface area contributed by atoms with Crippen molar-refractivity contribution in [1.29, 1.82) is 0 Å². The zero-order chi connectivity index (χ0) is 34.7. The summed E-state index contributed by atoms with van der Waals surface area (Å²) < 4.78 is 2.01. The molecule has 2 saturated carbocycles. The number of phenolic OH excluding ortho intramolecular Hbond substituents is 1. The summed E-state index contributed by atoms with van der Waals surface area (Å²) in [6.07, 6.45) is 4.79. The number of amides is 1. The maximum atomic E-state index is 14.2. The molecule has 3 aliphatic carbocycles. The lowest BCUT2D eigenvalue weighted by molar-refractivity contribution is -0.189. The van der Waals surface area contributed by atoms with Crippen LogP contribution in [-0.4, -0.2) is 65.6 Å². The van der Waals surface area contributed by atoms with Crippen molar-refractivity contribution in [3.8, 4) is 5.75 Å². The number of fused-ring (bicyclic) bond motifs is 3. The number of aromatic hydroxyl groups is 1. The Balaban J connectivity index is 1.36. The second-order valence-electron chi connectivity index (χ2n) is 14.1. The molecule has 2 fully saturated rings. The largest absolute Gasteiger partial charge is 0.505 e. The first-order chi connectivity index (χ1) is 22.7. The van der Waals surface area contributed by atoms with E-state index in [1.54, 1.807) is 31.6 Å². The number of imidazole rings is 1. The summed E-state index contributed by atoms with van der Waals surface area (Å²) in [4.78, 5) is 70.4. The van der Waals surface area contributed by atoms with E-state index in [1.807, 2.05) is 41.1 Å². The number of aryl methyl sites for hydroxylation is 1. The molecule has 1 heterocycles. The van der Waals surface area contributed by atoms with Gasteiger partial charge in [0.15, 0.2) is 34.7 Å². The molecular formula is C36H40N4O8. The van der Waals surface area contributed by atoms with Gasteiger partial charge < -0.3 is 30.9 Å². The van der Waals surface area contributed by atoms with E-state index in [0.29, 0.717) is 5.56 Å². The quantitative estimate of drug-likeness (QED) is 0.168. The summed E-state index contributed by atoms with van der Waals surface area (Å²) >= 11 is 0. The summed E-state index contributed by atoms with van der Waals surface area (Å²) in [7, 11) is 0. The number of benzene rings is 2. The molecule has 1 amide bonds. The number of aliphatic hydroxyl groups is 2. The van der Waals surface area contributed by atoms with Gasteiger partial charge in [0.25, 0.3) is 0 Å². The Bertz CT molecular complexity index is 1790. The minimum Gasteiger partial charge on any atom is -0.505 e. The van der Waals surface area contributed by atoms with Gasteiger partial charge >= 0.3 is 0 Å². The number of nitrogens with zero attached hydrogens (tertiary/aromatic N) is 2. The Hall–Kier alpha value is -4.68. The van der Waals surface area contributed by atoms with Crippen LogP contribution in [0.3, 0.4) is 0 Å². The van der Waals surface area contributed by atoms with Crippen LogP contribution in [0.5, 0.6) is 5.75 Å². The third kappa shape index (κ3) is 5.14. The summed E-state index contributed by atoms with van der Waals surface area (Å²) in [6.45, 7) is 6.69. The highest BCUT2D eigenvalue weighted by Gasteiger charge is 2.69. The van der Waals surface area contributed by atoms with E-state index >= 15 is 0 Å². The monoisotopic (exact) mass is 656 g/mol. The molecule has 6 N–H and O–H groups in total. The molecule has 252 valence electrons. The van der Waals surface area contributed by atoms with Gasteiger partial charge in [-0.3, -0.25) is 24.0 Å². The van der Waals surface area contributed by atoms with E-state index in [0.717, 1.165) is 24.9 Å². The van der Waals surface area contributed by atoms with E-state index in [9.17, 15) is 39.3 Å². The van der Waals surface area contributed by atoms with Crippen LogP contribution in [0.15, 0.2) is 61.2 Å². The van der Waals surface area contributed by atoms with Crippen molar-refractivity contribution < 1.29 is 39.3 Å². The summed E-state index contributed by atoms with van der Waals surface area (Å²) in [5, 5.41) is 38.2. The number of rotatable bonds is 9. The SMILES string of the molecule is C[C@H]1c2ccc(NC(c3ccccc3)C(C)(C)CCCn3ccnc3)c(O)c2C(=O)C2C(=O)[C@]3(O)C(=O)C(C(N)=O)C(=O)C[C@@H]3[C@@H](O)[C@@H]21. The van der Waals surface area contributed by atoms with Crippen molar-refractivity contribution in [2.75, 3.05) is 5.32 Å². The van der Waals surface area contributed by atoms with Crippen molar-refractivity contribution >= 4 is 34.7 Å². The topological polar surface area (TPSA) is 202 Å². The Morgan fingerprint density at radius 2 is 1.83 bits per heavy atom. The van der Waals surface area contributed by atoms with Gasteiger partial charge in [0.2, 0.25) is 5.91 Å². The molecule has 0 radical (unpaired) electrons. The predicted octanol–water partition coefficient (Wildman–Crippen LogP) is 2.71. The number of hydrogen-bond acceptors (Lipinski definition) is 10. The molecule has 3 unspecified atom stereocenters. The Morgan fingerprint density at radius 3 is 2.48 bits per heavy atom. The summed E-state index contributed by atoms with van der Waals surface area (Å²) in [5.41, 5.74) is 3.40. The van der Waals surface area contributed by atoms with Gasteiger partial charge in [-0.2, -0.15) is 0 Å². The zero-order valence-electron chi connectivity index (χ0n) is 27.0. The fraction of sp³-hybridized carbons (Fsp3) is 0.444. The number of phenols is 1. The number of carbonyl (C=O) groups excluding carboxylic acids is 5. The molecule has 3 aliphatic rings. The number of ketones is 4. The number of primary amides is 1. The highest BCUT2D eigenvalue weighted by Crippen LogP contribution is 2.55. The molecule has 0 saturated heterocycles. The van der Waals surface area contributed by atoms with Gasteiger partial charge in [0, 0.05) is 37.2 Å². The van der Waals surface area contributed by atoms with Crippen LogP contribution in [0.2, 0.25) is 0 Å². The van der Waals surface area contributed by atoms with Crippen molar-refractivity contribution in [3.63, 3.8) is 0 Å². The number of nitrogens with one attached hydrogen (secondary N) is 1. The van der Waals surface area contributed by atoms with Crippen molar-refractivity contribution in [3.05, 3.63) is 77.9 Å². The second-order valence-corrected chi connectivity index (χ2v) is 14.1. The average molecular weight is 657 g/mol. The van der Waals surface area contributed by atoms with Gasteiger partial charge in [0.1, 0.15) is 5.75 Å². The minimum atomic E-state index is -2.97. The molecule has 12 nitrogen and oxygen atoms in total. The smallest absolute Gasteiger partial charge is 0.235 e. The normalized spacial score (nSPS) is 29.1. The number of aliphatic hydroxyl groups excluding tert-OH is 1. The molecule has 0 bridgehead atoms. The van der Waals surface area contributed by atoms with Crippen LogP contribution in [-0.2, 0) is 25.7 Å². The number of anilines is 1. The highest BCUT2D eigenvalue weighted by atomic mass is 16.3. The lowest BCUT2D eigenvalue weighted by Crippen LogP contribution is -2.72. The molecule has 2 aromatic carbocycles. The van der Waals surface area contributed by atoms with Gasteiger partial charge in [-0.05, 0) is 41.4 Å². The molecule has 1 aromatic heterocycles. The molecule has 0 spiro atoms. The van der Waals surface area contributed by atoms with E-state index < -0.39 is 82.5 Å². The molecule has 3 aromatic rings. The van der Waals surface area contributed by atoms with Crippen LogP contribution in [0, 0.1) is 29.1 Å². The van der Waals surface area contributed by atoms with Crippen molar-refractivity contribution in [1.82, 2.24) is 9.55 Å². The number of nitrogens with two attached hydrogens (primary N) is 1. The van der Waals surface area contributed by atoms with Gasteiger partial charge in [-0.25, -0.2) is 4.98 Å². The Kier molecular flexibility index (Phi) is 8.37. The highest BCUT2D eigenvalue weighted by molar-refractivity contribution is 6.31. The van der Waals surface area contributed by atoms with Crippen LogP contribution in [0.25, 0.3) is 0 Å². The maximum absolute atomic E-state index is 14.2. The first-order valence-corrected chi connectivity index (χ1v) is 16.2. The number of carbonyl (C=O) groups is 5. The van der Waals surface area contributed by atoms with Gasteiger partial charge in [0.05, 0.1) is 35.6 Å². The second kappa shape index (κ2) is 12.1. The van der Waals surface area contributed by atoms with E-state index in [4.69, 9.17) is 5.73 Å². The van der Waals surface area contributed by atoms with Crippen LogP contribution in [0.4, 0.5) is 5.69 Å². The Labute approximate surface area is 277 Å². The van der Waals surface area contributed by atoms with E-state index in [1.165, 1.54) is 0 Å². The first-order valence-electron chi connectivity index (χ1n) is 16.2. The molecule has 8 atom stereocenters. The van der Waals surface area contributed by atoms with E-state index in [2.05, 4.69) is 24.1 Å². The van der Waals surface area contributed by atoms with E-state index in [-0.39, 0.29) is 22.7 Å². The third-order valence-corrected chi connectivity index (χ3v) is 10.9. The number of aromatic nitrogens is 2. The number of Topliss-reactive ketones (excluding diaryl/α,β-unsaturated/α-hetero) is 4. The van der Waals surface area contributed by atoms with Crippen LogP contribution >= 0.6 is 0 Å². The lowest BCUT2D eigenvalue weighted by atomic mass is 9.50. The summed E-state index contributed by atoms with van der Waals surface area (Å²) in [6, 6.07) is 12.7. The maximum Gasteiger partial charge on any atom is 0.235 e. The third-order valence-electron chi connectivity index (χ3n) is 10.9. The van der Waals surface area contributed by atoms with Crippen LogP contribution in [0.1, 0.15) is 73.5 Å². The Morgan fingerprint density at radius 1 is 1.12 bits per heavy atom.